The molecule has 24 heavy (non-hydrogen) atoms. The largest absolute Gasteiger partial charge is 0.348 e. The molecule has 2 N–H and O–H groups in total. The number of carbonyl (C=O) groups excluding carboxylic acids is 1. The predicted molar refractivity (Wildman–Crippen MR) is 88.9 cm³/mol. The van der Waals surface area contributed by atoms with Crippen molar-refractivity contribution in [2.24, 2.45) is 0 Å². The number of nitrogens with one attached hydrogen (secondary N) is 2. The Kier molecular flexibility index (Phi) is 5.15. The molecule has 1 unspecified atom stereocenters. The average molecular weight is 328 g/mol. The number of benzene rings is 1. The molecule has 0 bridgehead atoms. The Morgan fingerprint density at radius 1 is 1.33 bits per heavy atom. The van der Waals surface area contributed by atoms with Gasteiger partial charge in [-0.05, 0) is 44.0 Å². The molecule has 1 aliphatic heterocycles. The van der Waals surface area contributed by atoms with E-state index in [9.17, 15) is 9.18 Å². The molecule has 6 heteroatoms. The second-order valence-electron chi connectivity index (χ2n) is 6.04. The molecule has 1 amide bonds. The van der Waals surface area contributed by atoms with E-state index in [0.29, 0.717) is 17.8 Å². The van der Waals surface area contributed by atoms with Gasteiger partial charge in [0.2, 0.25) is 0 Å². The van der Waals surface area contributed by atoms with E-state index in [4.69, 9.17) is 0 Å². The number of aryl methyl sites for hydroxylation is 1. The van der Waals surface area contributed by atoms with Crippen molar-refractivity contribution in [2.75, 3.05) is 6.54 Å². The van der Waals surface area contributed by atoms with Gasteiger partial charge < -0.3 is 10.6 Å². The maximum absolute atomic E-state index is 12.9. The minimum Gasteiger partial charge on any atom is -0.348 e. The van der Waals surface area contributed by atoms with E-state index in [1.54, 1.807) is 18.3 Å². The van der Waals surface area contributed by atoms with E-state index in [1.807, 2.05) is 6.92 Å². The Morgan fingerprint density at radius 2 is 2.12 bits per heavy atom. The molecule has 0 aliphatic carbocycles. The van der Waals surface area contributed by atoms with Crippen LogP contribution >= 0.6 is 0 Å². The maximum Gasteiger partial charge on any atom is 0.254 e. The summed E-state index contributed by atoms with van der Waals surface area (Å²) in [5, 5.41) is 6.22. The van der Waals surface area contributed by atoms with Gasteiger partial charge in [0.15, 0.2) is 0 Å². The molecule has 1 atom stereocenters. The molecule has 0 saturated carbocycles. The average Bonchev–Trinajstić information content (AvgIpc) is 2.61. The number of hydrogen-bond donors (Lipinski definition) is 2. The van der Waals surface area contributed by atoms with E-state index < -0.39 is 0 Å². The highest BCUT2D eigenvalue weighted by atomic mass is 19.1. The molecule has 0 spiro atoms. The number of piperidine rings is 1. The molecule has 2 heterocycles. The number of hydrogen-bond acceptors (Lipinski definition) is 4. The normalized spacial score (nSPS) is 17.5. The number of amides is 1. The summed E-state index contributed by atoms with van der Waals surface area (Å²) in [6.07, 6.45) is 4.96. The fourth-order valence-corrected chi connectivity index (χ4v) is 2.83. The van der Waals surface area contributed by atoms with Crippen LogP contribution in [0.15, 0.2) is 30.5 Å². The van der Waals surface area contributed by atoms with Crippen LogP contribution in [0.2, 0.25) is 0 Å². The molecule has 0 radical (unpaired) electrons. The highest BCUT2D eigenvalue weighted by Gasteiger charge is 2.19. The lowest BCUT2D eigenvalue weighted by atomic mass is 10.0. The second-order valence-corrected chi connectivity index (χ2v) is 6.04. The lowest BCUT2D eigenvalue weighted by molar-refractivity contribution is 0.0949. The smallest absolute Gasteiger partial charge is 0.254 e. The quantitative estimate of drug-likeness (QED) is 0.905. The van der Waals surface area contributed by atoms with Crippen LogP contribution < -0.4 is 10.6 Å². The van der Waals surface area contributed by atoms with Crippen LogP contribution in [-0.2, 0) is 6.54 Å². The summed E-state index contributed by atoms with van der Waals surface area (Å²) in [7, 11) is 0. The third-order valence-electron chi connectivity index (χ3n) is 4.23. The molecule has 5 nitrogen and oxygen atoms in total. The van der Waals surface area contributed by atoms with Crippen LogP contribution in [0.3, 0.4) is 0 Å². The summed E-state index contributed by atoms with van der Waals surface area (Å²) in [4.78, 5) is 21.2. The molecule has 1 fully saturated rings. The zero-order valence-corrected chi connectivity index (χ0v) is 13.7. The third-order valence-corrected chi connectivity index (χ3v) is 4.23. The molecule has 2 aromatic rings. The Labute approximate surface area is 140 Å². The summed E-state index contributed by atoms with van der Waals surface area (Å²) in [6.45, 7) is 3.14. The van der Waals surface area contributed by atoms with Crippen LogP contribution in [0.1, 0.15) is 52.7 Å². The summed E-state index contributed by atoms with van der Waals surface area (Å²) in [5.74, 6) is 0.239. The van der Waals surface area contributed by atoms with Gasteiger partial charge >= 0.3 is 0 Å². The number of aromatic nitrogens is 2. The standard InChI is InChI=1S/C18H21FN4O/c1-12-15(11-21-17(23-12)16-4-2-3-9-20-16)18(24)22-10-13-5-7-14(19)8-6-13/h5-8,11,16,20H,2-4,9-10H2,1H3,(H,22,24). The van der Waals surface area contributed by atoms with E-state index in [1.165, 1.54) is 25.0 Å². The van der Waals surface area contributed by atoms with E-state index >= 15 is 0 Å². The second kappa shape index (κ2) is 7.49. The molecular weight excluding hydrogens is 307 g/mol. The summed E-state index contributed by atoms with van der Waals surface area (Å²) < 4.78 is 12.9. The minimum absolute atomic E-state index is 0.175. The monoisotopic (exact) mass is 328 g/mol. The minimum atomic E-state index is -0.291. The van der Waals surface area contributed by atoms with Crippen molar-refractivity contribution >= 4 is 5.91 Å². The van der Waals surface area contributed by atoms with Crippen LogP contribution in [-0.4, -0.2) is 22.4 Å². The molecule has 1 aromatic heterocycles. The van der Waals surface area contributed by atoms with Gasteiger partial charge in [0.05, 0.1) is 17.3 Å². The number of halogens is 1. The van der Waals surface area contributed by atoms with Gasteiger partial charge in [-0.25, -0.2) is 14.4 Å². The maximum atomic E-state index is 12.9. The Bertz CT molecular complexity index is 711. The van der Waals surface area contributed by atoms with Crippen molar-refractivity contribution in [2.45, 2.75) is 38.8 Å². The zero-order chi connectivity index (χ0) is 16.9. The summed E-state index contributed by atoms with van der Waals surface area (Å²) in [6, 6.07) is 6.23. The van der Waals surface area contributed by atoms with Gasteiger partial charge in [0.1, 0.15) is 11.6 Å². The van der Waals surface area contributed by atoms with Crippen molar-refractivity contribution < 1.29 is 9.18 Å². The molecule has 126 valence electrons. The molecular formula is C18H21FN4O. The SMILES string of the molecule is Cc1nc(C2CCCCN2)ncc1C(=O)NCc1ccc(F)cc1. The van der Waals surface area contributed by atoms with Crippen molar-refractivity contribution in [1.82, 2.24) is 20.6 Å². The first kappa shape index (κ1) is 16.5. The van der Waals surface area contributed by atoms with Crippen LogP contribution in [0, 0.1) is 12.7 Å². The predicted octanol–water partition coefficient (Wildman–Crippen LogP) is 2.67. The van der Waals surface area contributed by atoms with Crippen LogP contribution in [0.25, 0.3) is 0 Å². The van der Waals surface area contributed by atoms with Gasteiger partial charge in [0.25, 0.3) is 5.91 Å². The third kappa shape index (κ3) is 3.94. The van der Waals surface area contributed by atoms with Gasteiger partial charge in [-0.15, -0.1) is 0 Å². The van der Waals surface area contributed by atoms with Gasteiger partial charge in [-0.2, -0.15) is 0 Å². The first-order valence-corrected chi connectivity index (χ1v) is 8.23. The molecule has 1 saturated heterocycles. The lowest BCUT2D eigenvalue weighted by Crippen LogP contribution is -2.29. The first-order chi connectivity index (χ1) is 11.6. The zero-order valence-electron chi connectivity index (χ0n) is 13.7. The summed E-state index contributed by atoms with van der Waals surface area (Å²) >= 11 is 0. The number of rotatable bonds is 4. The van der Waals surface area contributed by atoms with Gasteiger partial charge in [0, 0.05) is 12.7 Å². The highest BCUT2D eigenvalue weighted by Crippen LogP contribution is 2.20. The highest BCUT2D eigenvalue weighted by molar-refractivity contribution is 5.94. The van der Waals surface area contributed by atoms with E-state index in [0.717, 1.165) is 24.4 Å². The first-order valence-electron chi connectivity index (χ1n) is 8.23. The molecule has 3 rings (SSSR count). The van der Waals surface area contributed by atoms with Crippen LogP contribution in [0.4, 0.5) is 4.39 Å². The van der Waals surface area contributed by atoms with Crippen molar-refractivity contribution in [1.29, 1.82) is 0 Å². The number of carbonyl (C=O) groups is 1. The van der Waals surface area contributed by atoms with E-state index in [-0.39, 0.29) is 17.8 Å². The topological polar surface area (TPSA) is 66.9 Å². The van der Waals surface area contributed by atoms with Crippen LogP contribution in [0.5, 0.6) is 0 Å². The fourth-order valence-electron chi connectivity index (χ4n) is 2.83. The Hall–Kier alpha value is -2.34. The lowest BCUT2D eigenvalue weighted by Gasteiger charge is -2.22. The van der Waals surface area contributed by atoms with Gasteiger partial charge in [-0.1, -0.05) is 18.6 Å². The Balaban J connectivity index is 1.65. The fraction of sp³-hybridized carbons (Fsp3) is 0.389. The van der Waals surface area contributed by atoms with Gasteiger partial charge in [-0.3, -0.25) is 4.79 Å². The van der Waals surface area contributed by atoms with E-state index in [2.05, 4.69) is 20.6 Å². The molecule has 1 aliphatic rings. The Morgan fingerprint density at radius 3 is 2.79 bits per heavy atom. The number of nitrogens with zero attached hydrogens (tertiary/aromatic N) is 2. The molecule has 1 aromatic carbocycles. The van der Waals surface area contributed by atoms with Crippen molar-refractivity contribution in [3.05, 3.63) is 58.9 Å². The summed E-state index contributed by atoms with van der Waals surface area (Å²) in [5.41, 5.74) is 1.98. The van der Waals surface area contributed by atoms with Crippen molar-refractivity contribution in [3.8, 4) is 0 Å². The van der Waals surface area contributed by atoms with Crippen molar-refractivity contribution in [3.63, 3.8) is 0 Å².